The van der Waals surface area contributed by atoms with Gasteiger partial charge in [0.25, 0.3) is 0 Å². The minimum Gasteiger partial charge on any atom is -0.491 e. The number of para-hydroxylation sites is 1. The molecule has 4 aromatic rings. The molecule has 2 aliphatic heterocycles. The summed E-state index contributed by atoms with van der Waals surface area (Å²) in [6.45, 7) is 2.62. The fourth-order valence-electron chi connectivity index (χ4n) is 4.94. The lowest BCUT2D eigenvalue weighted by Gasteiger charge is -2.30. The average molecular weight is 538 g/mol. The van der Waals surface area contributed by atoms with Crippen LogP contribution < -0.4 is 20.3 Å². The van der Waals surface area contributed by atoms with Gasteiger partial charge < -0.3 is 20.3 Å². The van der Waals surface area contributed by atoms with Crippen molar-refractivity contribution in [3.05, 3.63) is 65.8 Å². The molecule has 0 unspecified atom stereocenters. The Kier molecular flexibility index (Phi) is 6.08. The van der Waals surface area contributed by atoms with Crippen molar-refractivity contribution in [2.45, 2.75) is 19.3 Å². The van der Waals surface area contributed by atoms with E-state index >= 15 is 0 Å². The first kappa shape index (κ1) is 23.9. The molecule has 0 aliphatic carbocycles. The summed E-state index contributed by atoms with van der Waals surface area (Å²) in [5, 5.41) is 7.62. The van der Waals surface area contributed by atoms with Crippen LogP contribution in [-0.4, -0.2) is 48.3 Å². The van der Waals surface area contributed by atoms with Crippen molar-refractivity contribution in [2.75, 3.05) is 41.5 Å². The molecule has 2 aromatic carbocycles. The van der Waals surface area contributed by atoms with Gasteiger partial charge in [-0.05, 0) is 43.5 Å². The number of halogens is 1. The van der Waals surface area contributed by atoms with Crippen LogP contribution in [0.25, 0.3) is 10.9 Å². The van der Waals surface area contributed by atoms with E-state index in [4.69, 9.17) is 16.3 Å². The summed E-state index contributed by atoms with van der Waals surface area (Å²) < 4.78 is 31.9. The van der Waals surface area contributed by atoms with Crippen LogP contribution in [0, 0.1) is 6.42 Å². The number of aromatic nitrogens is 3. The van der Waals surface area contributed by atoms with Gasteiger partial charge >= 0.3 is 0 Å². The third-order valence-electron chi connectivity index (χ3n) is 6.66. The molecule has 1 saturated heterocycles. The Bertz CT molecular complexity index is 1600. The monoisotopic (exact) mass is 537 g/mol. The Morgan fingerprint density at radius 3 is 2.70 bits per heavy atom. The Morgan fingerprint density at radius 1 is 1.05 bits per heavy atom. The predicted octanol–water partition coefficient (Wildman–Crippen LogP) is 5.12. The highest BCUT2D eigenvalue weighted by atomic mass is 35.5. The van der Waals surface area contributed by atoms with E-state index in [1.165, 1.54) is 22.6 Å². The zero-order valence-corrected chi connectivity index (χ0v) is 21.8. The first-order valence-electron chi connectivity index (χ1n) is 12.1. The first-order chi connectivity index (χ1) is 17.9. The number of hydrogen-bond acceptors (Lipinski definition) is 8. The molecule has 2 aliphatic rings. The smallest absolute Gasteiger partial charge is 0.236 e. The fraction of sp³-hybridized carbons (Fsp3) is 0.269. The van der Waals surface area contributed by atoms with Crippen molar-refractivity contribution in [1.82, 2.24) is 13.9 Å². The van der Waals surface area contributed by atoms with Crippen LogP contribution in [0.2, 0.25) is 5.02 Å². The molecule has 2 aromatic heterocycles. The lowest BCUT2D eigenvalue weighted by Crippen LogP contribution is -2.29. The van der Waals surface area contributed by atoms with Gasteiger partial charge in [0.2, 0.25) is 16.0 Å². The van der Waals surface area contributed by atoms with Gasteiger partial charge in [0.05, 0.1) is 36.0 Å². The zero-order valence-electron chi connectivity index (χ0n) is 20.2. The molecular weight excluding hydrogens is 512 g/mol. The number of rotatable bonds is 6. The molecule has 1 radical (unpaired) electrons. The zero-order chi connectivity index (χ0) is 25.6. The summed E-state index contributed by atoms with van der Waals surface area (Å²) >= 11 is 6.44. The molecule has 1 fully saturated rings. The van der Waals surface area contributed by atoms with Crippen molar-refractivity contribution in [3.8, 4) is 5.75 Å². The van der Waals surface area contributed by atoms with Crippen LogP contribution in [0.1, 0.15) is 18.4 Å². The molecular formula is C26H26ClN6O3S. The first-order valence-corrected chi connectivity index (χ1v) is 14.3. The topological polar surface area (TPSA) is 101 Å². The molecule has 0 bridgehead atoms. The maximum absolute atomic E-state index is 12.3. The lowest BCUT2D eigenvalue weighted by atomic mass is 10.1. The van der Waals surface area contributed by atoms with Gasteiger partial charge in [0.1, 0.15) is 10.8 Å². The number of hydrogen-bond donors (Lipinski definition) is 2. The van der Waals surface area contributed by atoms with Crippen LogP contribution in [0.3, 0.4) is 0 Å². The maximum atomic E-state index is 12.3. The number of piperidine rings is 1. The van der Waals surface area contributed by atoms with E-state index in [0.717, 1.165) is 60.4 Å². The van der Waals surface area contributed by atoms with Gasteiger partial charge in [0, 0.05) is 42.3 Å². The average Bonchev–Trinajstić information content (AvgIpc) is 3.55. The van der Waals surface area contributed by atoms with E-state index < -0.39 is 10.0 Å². The summed E-state index contributed by atoms with van der Waals surface area (Å²) in [7, 11) is -3.50. The summed E-state index contributed by atoms with van der Waals surface area (Å²) in [6.07, 6.45) is 9.50. The standard InChI is InChI=1S/C26H26ClN6O3S/c1-37(34,35)33-14-10-17-6-5-7-21(23(17)33)29-25-19(27)16-28-26(31-25)30-20-8-9-22(24-18(20)11-15-36-24)32-12-3-2-4-13-32/h2,5-10,14,16H,3-4,11-13,15H2,1H3,(H2,28,29,30,31). The molecule has 191 valence electrons. The molecule has 0 amide bonds. The van der Waals surface area contributed by atoms with Crippen molar-refractivity contribution in [2.24, 2.45) is 0 Å². The highest BCUT2D eigenvalue weighted by Crippen LogP contribution is 2.42. The van der Waals surface area contributed by atoms with E-state index in [2.05, 4.69) is 38.0 Å². The molecule has 37 heavy (non-hydrogen) atoms. The van der Waals surface area contributed by atoms with Crippen LogP contribution in [0.15, 0.2) is 48.8 Å². The second kappa shape index (κ2) is 9.42. The van der Waals surface area contributed by atoms with Gasteiger partial charge in [-0.3, -0.25) is 0 Å². The van der Waals surface area contributed by atoms with Gasteiger partial charge in [0.15, 0.2) is 5.82 Å². The Labute approximate surface area is 220 Å². The summed E-state index contributed by atoms with van der Waals surface area (Å²) in [5.41, 5.74) is 4.22. The summed E-state index contributed by atoms with van der Waals surface area (Å²) in [5.74, 6) is 1.65. The van der Waals surface area contributed by atoms with Crippen molar-refractivity contribution >= 4 is 61.4 Å². The lowest BCUT2D eigenvalue weighted by molar-refractivity contribution is 0.356. The second-order valence-electron chi connectivity index (χ2n) is 9.15. The third-order valence-corrected chi connectivity index (χ3v) is 7.96. The molecule has 0 atom stereocenters. The van der Waals surface area contributed by atoms with Crippen molar-refractivity contribution in [1.29, 1.82) is 0 Å². The van der Waals surface area contributed by atoms with Gasteiger partial charge in [-0.15, -0.1) is 0 Å². The molecule has 11 heteroatoms. The highest BCUT2D eigenvalue weighted by Gasteiger charge is 2.25. The number of benzene rings is 2. The van der Waals surface area contributed by atoms with Crippen LogP contribution in [0.4, 0.5) is 28.8 Å². The normalized spacial score (nSPS) is 15.5. The van der Waals surface area contributed by atoms with Gasteiger partial charge in [-0.2, -0.15) is 4.98 Å². The number of anilines is 5. The molecule has 9 nitrogen and oxygen atoms in total. The molecule has 6 rings (SSSR count). The molecule has 2 N–H and O–H groups in total. The van der Waals surface area contributed by atoms with E-state index in [1.807, 2.05) is 18.2 Å². The second-order valence-corrected chi connectivity index (χ2v) is 11.4. The Hall–Kier alpha value is -3.50. The predicted molar refractivity (Wildman–Crippen MR) is 147 cm³/mol. The molecule has 0 saturated carbocycles. The minimum atomic E-state index is -3.50. The van der Waals surface area contributed by atoms with Crippen LogP contribution in [-0.2, 0) is 16.4 Å². The number of nitrogens with one attached hydrogen (secondary N) is 2. The largest absolute Gasteiger partial charge is 0.491 e. The van der Waals surface area contributed by atoms with Crippen molar-refractivity contribution in [3.63, 3.8) is 0 Å². The Balaban J connectivity index is 1.31. The quantitative estimate of drug-likeness (QED) is 0.349. The molecule has 0 spiro atoms. The van der Waals surface area contributed by atoms with E-state index in [-0.39, 0.29) is 0 Å². The number of fused-ring (bicyclic) bond motifs is 2. The van der Waals surface area contributed by atoms with E-state index in [9.17, 15) is 8.42 Å². The van der Waals surface area contributed by atoms with Gasteiger partial charge in [-0.25, -0.2) is 17.4 Å². The summed E-state index contributed by atoms with van der Waals surface area (Å²) in [4.78, 5) is 11.4. The van der Waals surface area contributed by atoms with Crippen LogP contribution >= 0.6 is 11.6 Å². The van der Waals surface area contributed by atoms with E-state index in [1.54, 1.807) is 12.1 Å². The van der Waals surface area contributed by atoms with Crippen molar-refractivity contribution < 1.29 is 13.2 Å². The number of nitrogens with zero attached hydrogens (tertiary/aromatic N) is 4. The third kappa shape index (κ3) is 4.55. The van der Waals surface area contributed by atoms with Crippen LogP contribution in [0.5, 0.6) is 5.75 Å². The minimum absolute atomic E-state index is 0.311. The SMILES string of the molecule is CS(=O)(=O)n1ccc2cccc(Nc3nc(Nc4ccc(N5CC[CH]CC5)c5c4CCO5)ncc3Cl)c21. The number of ether oxygens (including phenoxy) is 1. The Morgan fingerprint density at radius 2 is 1.89 bits per heavy atom. The van der Waals surface area contributed by atoms with E-state index in [0.29, 0.717) is 34.6 Å². The molecule has 4 heterocycles. The highest BCUT2D eigenvalue weighted by molar-refractivity contribution is 7.89. The fourth-order valence-corrected chi connectivity index (χ4v) is 5.90. The van der Waals surface area contributed by atoms with Gasteiger partial charge in [-0.1, -0.05) is 23.7 Å². The summed E-state index contributed by atoms with van der Waals surface area (Å²) in [6, 6.07) is 11.4. The maximum Gasteiger partial charge on any atom is 0.236 e.